The predicted molar refractivity (Wildman–Crippen MR) is 91.5 cm³/mol. The fourth-order valence-corrected chi connectivity index (χ4v) is 2.74. The molecule has 4 heteroatoms. The van der Waals surface area contributed by atoms with Crippen molar-refractivity contribution in [1.29, 1.82) is 0 Å². The standard InChI is InChI=1S/C19H20N2O2/c1-19(2,3)16-17(12-4-8-14(22)9-5-12)20-21-18(16)13-6-10-15(23)11-7-13/h4-11,22-23H,1-3H3,(H,20,21). The highest BCUT2D eigenvalue weighted by Gasteiger charge is 2.26. The van der Waals surface area contributed by atoms with Gasteiger partial charge in [-0.3, -0.25) is 5.10 Å². The van der Waals surface area contributed by atoms with Crippen molar-refractivity contribution in [3.05, 3.63) is 54.1 Å². The Kier molecular flexibility index (Phi) is 3.60. The highest BCUT2D eigenvalue weighted by Crippen LogP contribution is 2.39. The van der Waals surface area contributed by atoms with Gasteiger partial charge in [0.25, 0.3) is 0 Å². The molecule has 2 aromatic carbocycles. The Morgan fingerprint density at radius 1 is 0.783 bits per heavy atom. The van der Waals surface area contributed by atoms with Crippen LogP contribution < -0.4 is 0 Å². The molecule has 0 aliphatic rings. The monoisotopic (exact) mass is 308 g/mol. The van der Waals surface area contributed by atoms with Crippen LogP contribution in [0.3, 0.4) is 0 Å². The second-order valence-electron chi connectivity index (χ2n) is 6.67. The molecule has 118 valence electrons. The minimum absolute atomic E-state index is 0.118. The van der Waals surface area contributed by atoms with Gasteiger partial charge in [-0.2, -0.15) is 5.10 Å². The first-order chi connectivity index (χ1) is 10.9. The molecule has 0 spiro atoms. The van der Waals surface area contributed by atoms with Crippen LogP contribution in [0.4, 0.5) is 0 Å². The lowest BCUT2D eigenvalue weighted by atomic mass is 9.82. The van der Waals surface area contributed by atoms with Crippen molar-refractivity contribution < 1.29 is 10.2 Å². The van der Waals surface area contributed by atoms with Gasteiger partial charge < -0.3 is 10.2 Å². The third-order valence-electron chi connectivity index (χ3n) is 3.81. The molecule has 0 bridgehead atoms. The Bertz CT molecular complexity index is 747. The molecule has 1 heterocycles. The Labute approximate surface area is 135 Å². The summed E-state index contributed by atoms with van der Waals surface area (Å²) in [6.07, 6.45) is 0. The van der Waals surface area contributed by atoms with Gasteiger partial charge in [0.2, 0.25) is 0 Å². The van der Waals surface area contributed by atoms with Crippen molar-refractivity contribution in [2.45, 2.75) is 26.2 Å². The van der Waals surface area contributed by atoms with E-state index < -0.39 is 0 Å². The van der Waals surface area contributed by atoms with Crippen molar-refractivity contribution in [3.63, 3.8) is 0 Å². The van der Waals surface area contributed by atoms with Gasteiger partial charge in [0.1, 0.15) is 11.5 Å². The fourth-order valence-electron chi connectivity index (χ4n) is 2.74. The fraction of sp³-hybridized carbons (Fsp3) is 0.211. The van der Waals surface area contributed by atoms with Gasteiger partial charge in [-0.1, -0.05) is 20.8 Å². The number of hydrogen-bond donors (Lipinski definition) is 3. The van der Waals surface area contributed by atoms with Crippen LogP contribution in [-0.4, -0.2) is 20.4 Å². The Balaban J connectivity index is 2.19. The predicted octanol–water partition coefficient (Wildman–Crippen LogP) is 4.45. The lowest BCUT2D eigenvalue weighted by Crippen LogP contribution is -2.13. The van der Waals surface area contributed by atoms with Crippen LogP contribution in [0.15, 0.2) is 48.5 Å². The van der Waals surface area contributed by atoms with Gasteiger partial charge >= 0.3 is 0 Å². The van der Waals surface area contributed by atoms with E-state index in [4.69, 9.17) is 0 Å². The van der Waals surface area contributed by atoms with Crippen molar-refractivity contribution in [2.75, 3.05) is 0 Å². The first kappa shape index (κ1) is 15.2. The van der Waals surface area contributed by atoms with Crippen molar-refractivity contribution in [2.24, 2.45) is 0 Å². The summed E-state index contributed by atoms with van der Waals surface area (Å²) < 4.78 is 0. The van der Waals surface area contributed by atoms with Gasteiger partial charge in [0.05, 0.1) is 11.4 Å². The van der Waals surface area contributed by atoms with Gasteiger partial charge in [0.15, 0.2) is 0 Å². The van der Waals surface area contributed by atoms with Crippen LogP contribution >= 0.6 is 0 Å². The van der Waals surface area contributed by atoms with E-state index >= 15 is 0 Å². The maximum atomic E-state index is 9.49. The van der Waals surface area contributed by atoms with Crippen LogP contribution in [0.1, 0.15) is 26.3 Å². The maximum Gasteiger partial charge on any atom is 0.115 e. The molecular weight excluding hydrogens is 288 g/mol. The second-order valence-corrected chi connectivity index (χ2v) is 6.67. The van der Waals surface area contributed by atoms with E-state index in [1.807, 2.05) is 24.3 Å². The highest BCUT2D eigenvalue weighted by atomic mass is 16.3. The second kappa shape index (κ2) is 5.47. The van der Waals surface area contributed by atoms with Crippen LogP contribution in [0, 0.1) is 0 Å². The minimum Gasteiger partial charge on any atom is -0.508 e. The highest BCUT2D eigenvalue weighted by molar-refractivity contribution is 5.76. The summed E-state index contributed by atoms with van der Waals surface area (Å²) in [6.45, 7) is 6.43. The largest absolute Gasteiger partial charge is 0.508 e. The molecule has 0 saturated heterocycles. The lowest BCUT2D eigenvalue weighted by molar-refractivity contribution is 0.475. The first-order valence-electron chi connectivity index (χ1n) is 7.54. The Morgan fingerprint density at radius 2 is 1.26 bits per heavy atom. The molecule has 4 nitrogen and oxygen atoms in total. The maximum absolute atomic E-state index is 9.49. The molecule has 23 heavy (non-hydrogen) atoms. The van der Waals surface area contributed by atoms with E-state index in [0.717, 1.165) is 28.1 Å². The molecule has 1 aromatic heterocycles. The van der Waals surface area contributed by atoms with Crippen molar-refractivity contribution in [1.82, 2.24) is 10.2 Å². The third-order valence-corrected chi connectivity index (χ3v) is 3.81. The number of aromatic hydroxyl groups is 2. The number of phenols is 2. The Morgan fingerprint density at radius 3 is 1.74 bits per heavy atom. The minimum atomic E-state index is -0.118. The van der Waals surface area contributed by atoms with E-state index in [9.17, 15) is 10.2 Å². The lowest BCUT2D eigenvalue weighted by Gasteiger charge is -2.21. The zero-order chi connectivity index (χ0) is 16.6. The molecule has 0 aliphatic heterocycles. The summed E-state index contributed by atoms with van der Waals surface area (Å²) in [7, 11) is 0. The van der Waals surface area contributed by atoms with Crippen LogP contribution in [-0.2, 0) is 5.41 Å². The number of hydrogen-bond acceptors (Lipinski definition) is 3. The third kappa shape index (κ3) is 2.93. The summed E-state index contributed by atoms with van der Waals surface area (Å²) in [4.78, 5) is 0. The van der Waals surface area contributed by atoms with Crippen molar-refractivity contribution in [3.8, 4) is 34.0 Å². The molecule has 0 aliphatic carbocycles. The zero-order valence-electron chi connectivity index (χ0n) is 13.5. The molecule has 0 radical (unpaired) electrons. The summed E-state index contributed by atoms with van der Waals surface area (Å²) >= 11 is 0. The van der Waals surface area contributed by atoms with Gasteiger partial charge in [0, 0.05) is 16.7 Å². The van der Waals surface area contributed by atoms with Crippen LogP contribution in [0.2, 0.25) is 0 Å². The number of H-pyrrole nitrogens is 1. The number of nitrogens with zero attached hydrogens (tertiary/aromatic N) is 1. The van der Waals surface area contributed by atoms with Crippen molar-refractivity contribution >= 4 is 0 Å². The smallest absolute Gasteiger partial charge is 0.115 e. The molecular formula is C19H20N2O2. The van der Waals surface area contributed by atoms with Crippen LogP contribution in [0.25, 0.3) is 22.5 Å². The number of benzene rings is 2. The summed E-state index contributed by atoms with van der Waals surface area (Å²) in [5, 5.41) is 26.6. The average molecular weight is 308 g/mol. The SMILES string of the molecule is CC(C)(C)c1c(-c2ccc(O)cc2)n[nH]c1-c1ccc(O)cc1. The van der Waals surface area contributed by atoms with E-state index in [1.54, 1.807) is 24.3 Å². The molecule has 0 saturated carbocycles. The van der Waals surface area contributed by atoms with Gasteiger partial charge in [-0.25, -0.2) is 0 Å². The summed E-state index contributed by atoms with van der Waals surface area (Å²) in [5.74, 6) is 0.477. The Hall–Kier alpha value is -2.75. The van der Waals surface area contributed by atoms with E-state index in [1.165, 1.54) is 0 Å². The van der Waals surface area contributed by atoms with Crippen LogP contribution in [0.5, 0.6) is 11.5 Å². The molecule has 0 atom stereocenters. The van der Waals surface area contributed by atoms with Gasteiger partial charge in [-0.05, 0) is 53.9 Å². The molecule has 0 unspecified atom stereocenters. The normalized spacial score (nSPS) is 11.6. The quantitative estimate of drug-likeness (QED) is 0.655. The summed E-state index contributed by atoms with van der Waals surface area (Å²) in [5.41, 5.74) is 4.74. The number of aromatic amines is 1. The molecule has 0 fully saturated rings. The summed E-state index contributed by atoms with van der Waals surface area (Å²) in [6, 6.07) is 14.1. The number of rotatable bonds is 2. The first-order valence-corrected chi connectivity index (χ1v) is 7.54. The molecule has 3 rings (SSSR count). The average Bonchev–Trinajstić information content (AvgIpc) is 2.94. The topological polar surface area (TPSA) is 69.1 Å². The zero-order valence-corrected chi connectivity index (χ0v) is 13.5. The number of phenolic OH excluding ortho intramolecular Hbond substituents is 2. The number of nitrogens with one attached hydrogen (secondary N) is 1. The van der Waals surface area contributed by atoms with E-state index in [-0.39, 0.29) is 16.9 Å². The van der Waals surface area contributed by atoms with E-state index in [2.05, 4.69) is 31.0 Å². The molecule has 3 aromatic rings. The molecule has 3 N–H and O–H groups in total. The number of aromatic nitrogens is 2. The van der Waals surface area contributed by atoms with Gasteiger partial charge in [-0.15, -0.1) is 0 Å². The van der Waals surface area contributed by atoms with E-state index in [0.29, 0.717) is 0 Å². The molecule has 0 amide bonds.